The van der Waals surface area contributed by atoms with E-state index in [1.807, 2.05) is 50.4 Å². The van der Waals surface area contributed by atoms with Gasteiger partial charge in [0.05, 0.1) is 0 Å². The Balaban J connectivity index is 0.000000640. The van der Waals surface area contributed by atoms with Crippen molar-refractivity contribution in [1.82, 2.24) is 15.4 Å². The molecular formula is C20H22ClN5O2. The van der Waals surface area contributed by atoms with Gasteiger partial charge in [0.15, 0.2) is 5.82 Å². The molecule has 0 radical (unpaired) electrons. The summed E-state index contributed by atoms with van der Waals surface area (Å²) < 4.78 is 5.97. The van der Waals surface area contributed by atoms with Crippen molar-refractivity contribution < 1.29 is 9.53 Å². The lowest BCUT2D eigenvalue weighted by molar-refractivity contribution is -0.109. The molecule has 8 heteroatoms. The third-order valence-electron chi connectivity index (χ3n) is 3.83. The van der Waals surface area contributed by atoms with Crippen LogP contribution in [0.15, 0.2) is 54.9 Å². The fraction of sp³-hybridized carbons (Fsp3) is 0.150. The summed E-state index contributed by atoms with van der Waals surface area (Å²) in [5.74, 6) is 5.93. The Morgan fingerprint density at radius 3 is 2.50 bits per heavy atom. The first kappa shape index (κ1) is 21.1. The second-order valence-electron chi connectivity index (χ2n) is 5.64. The fourth-order valence-electron chi connectivity index (χ4n) is 2.49. The number of hydrogen-bond acceptors (Lipinski definition) is 6. The summed E-state index contributed by atoms with van der Waals surface area (Å²) in [6, 6.07) is 13.5. The second kappa shape index (κ2) is 10.9. The molecule has 28 heavy (non-hydrogen) atoms. The van der Waals surface area contributed by atoms with Crippen LogP contribution in [0, 0.1) is 6.92 Å². The van der Waals surface area contributed by atoms with Crippen LogP contribution in [-0.2, 0) is 11.4 Å². The predicted octanol–water partition coefficient (Wildman–Crippen LogP) is 3.33. The largest absolute Gasteiger partial charge is 0.488 e. The number of benzene rings is 2. The standard InChI is InChI=1S/C19H18ClN3O.CH4N2O/c1-13-11-14(19-22-9-4-10-23-19)7-8-18(13)24-12-15-16(20)5-3-6-17(15)21-2;2-3-1-4/h3-11,21H,12H2,1-2H3;1H,2H2,(H,3,4). The van der Waals surface area contributed by atoms with Crippen LogP contribution in [0.5, 0.6) is 5.75 Å². The number of amides is 1. The van der Waals surface area contributed by atoms with Gasteiger partial charge in [-0.2, -0.15) is 0 Å². The van der Waals surface area contributed by atoms with E-state index in [0.29, 0.717) is 23.9 Å². The van der Waals surface area contributed by atoms with E-state index >= 15 is 0 Å². The van der Waals surface area contributed by atoms with Crippen molar-refractivity contribution in [2.45, 2.75) is 13.5 Å². The number of ether oxygens (including phenoxy) is 1. The van der Waals surface area contributed by atoms with Gasteiger partial charge in [-0.3, -0.25) is 10.2 Å². The number of rotatable bonds is 6. The zero-order valence-electron chi connectivity index (χ0n) is 15.6. The van der Waals surface area contributed by atoms with Gasteiger partial charge in [0.2, 0.25) is 6.41 Å². The molecule has 0 saturated heterocycles. The quantitative estimate of drug-likeness (QED) is 0.254. The maximum Gasteiger partial charge on any atom is 0.221 e. The zero-order valence-corrected chi connectivity index (χ0v) is 16.4. The van der Waals surface area contributed by atoms with Crippen molar-refractivity contribution in [3.05, 3.63) is 71.0 Å². The molecule has 3 aromatic rings. The molecule has 1 amide bonds. The lowest BCUT2D eigenvalue weighted by Crippen LogP contribution is -2.18. The summed E-state index contributed by atoms with van der Waals surface area (Å²) in [7, 11) is 1.87. The van der Waals surface area contributed by atoms with Gasteiger partial charge in [-0.25, -0.2) is 15.8 Å². The normalized spacial score (nSPS) is 9.71. The smallest absolute Gasteiger partial charge is 0.221 e. The van der Waals surface area contributed by atoms with Crippen LogP contribution < -0.4 is 21.3 Å². The molecule has 7 nitrogen and oxygen atoms in total. The SMILES string of the molecule is CNc1cccc(Cl)c1COc1ccc(-c2ncccn2)cc1C.NNC=O. The molecule has 0 aliphatic heterocycles. The van der Waals surface area contributed by atoms with Gasteiger partial charge >= 0.3 is 0 Å². The number of hydrogen-bond donors (Lipinski definition) is 3. The van der Waals surface area contributed by atoms with E-state index in [9.17, 15) is 0 Å². The molecule has 1 aromatic heterocycles. The van der Waals surface area contributed by atoms with E-state index in [4.69, 9.17) is 21.1 Å². The third-order valence-corrected chi connectivity index (χ3v) is 4.18. The number of nitrogens with one attached hydrogen (secondary N) is 2. The molecule has 0 saturated carbocycles. The molecule has 4 N–H and O–H groups in total. The van der Waals surface area contributed by atoms with Crippen LogP contribution >= 0.6 is 11.6 Å². The summed E-state index contributed by atoms with van der Waals surface area (Å²) >= 11 is 6.28. The van der Waals surface area contributed by atoms with Crippen molar-refractivity contribution in [2.24, 2.45) is 5.84 Å². The number of anilines is 1. The number of nitrogens with two attached hydrogens (primary N) is 1. The van der Waals surface area contributed by atoms with Crippen molar-refractivity contribution >= 4 is 23.7 Å². The minimum absolute atomic E-state index is 0.401. The number of carbonyl (C=O) groups is 1. The van der Waals surface area contributed by atoms with Crippen LogP contribution in [-0.4, -0.2) is 23.4 Å². The number of carbonyl (C=O) groups excluding carboxylic acids is 1. The first-order chi connectivity index (χ1) is 13.6. The monoisotopic (exact) mass is 399 g/mol. The van der Waals surface area contributed by atoms with Gasteiger partial charge < -0.3 is 10.1 Å². The Hall–Kier alpha value is -3.16. The predicted molar refractivity (Wildman–Crippen MR) is 111 cm³/mol. The third kappa shape index (κ3) is 5.67. The average Bonchev–Trinajstić information content (AvgIpc) is 2.74. The molecule has 0 bridgehead atoms. The van der Waals surface area contributed by atoms with Crippen LogP contribution in [0.1, 0.15) is 11.1 Å². The molecule has 0 spiro atoms. The highest BCUT2D eigenvalue weighted by molar-refractivity contribution is 6.31. The molecular weight excluding hydrogens is 378 g/mol. The minimum Gasteiger partial charge on any atom is -0.488 e. The molecule has 0 unspecified atom stereocenters. The van der Waals surface area contributed by atoms with Crippen LogP contribution in [0.25, 0.3) is 11.4 Å². The van der Waals surface area contributed by atoms with E-state index in [0.717, 1.165) is 28.1 Å². The van der Waals surface area contributed by atoms with E-state index < -0.39 is 0 Å². The maximum atomic E-state index is 8.94. The molecule has 0 aliphatic carbocycles. The summed E-state index contributed by atoms with van der Waals surface area (Å²) in [6.07, 6.45) is 3.87. The molecule has 0 atom stereocenters. The zero-order chi connectivity index (χ0) is 20.4. The van der Waals surface area contributed by atoms with Gasteiger partial charge in [0.1, 0.15) is 12.4 Å². The first-order valence-electron chi connectivity index (χ1n) is 8.46. The lowest BCUT2D eigenvalue weighted by Gasteiger charge is -2.14. The first-order valence-corrected chi connectivity index (χ1v) is 8.84. The van der Waals surface area contributed by atoms with E-state index in [-0.39, 0.29) is 0 Å². The lowest BCUT2D eigenvalue weighted by atomic mass is 10.1. The Kier molecular flexibility index (Phi) is 8.20. The molecule has 2 aromatic carbocycles. The molecule has 0 aliphatic rings. The summed E-state index contributed by atoms with van der Waals surface area (Å²) in [4.78, 5) is 17.5. The summed E-state index contributed by atoms with van der Waals surface area (Å²) in [5, 5.41) is 3.83. The van der Waals surface area contributed by atoms with Crippen molar-refractivity contribution in [3.8, 4) is 17.1 Å². The Labute approximate surface area is 168 Å². The highest BCUT2D eigenvalue weighted by Crippen LogP contribution is 2.28. The molecule has 1 heterocycles. The van der Waals surface area contributed by atoms with Crippen LogP contribution in [0.3, 0.4) is 0 Å². The number of hydrazine groups is 1. The molecule has 0 fully saturated rings. The Morgan fingerprint density at radius 2 is 1.89 bits per heavy atom. The number of halogens is 1. The molecule has 3 rings (SSSR count). The maximum absolute atomic E-state index is 8.94. The number of nitrogens with zero attached hydrogens (tertiary/aromatic N) is 2. The number of aryl methyl sites for hydroxylation is 1. The Morgan fingerprint density at radius 1 is 1.18 bits per heavy atom. The van der Waals surface area contributed by atoms with Crippen molar-refractivity contribution in [2.75, 3.05) is 12.4 Å². The van der Waals surface area contributed by atoms with Gasteiger partial charge in [0, 0.05) is 41.3 Å². The minimum atomic E-state index is 0.401. The highest BCUT2D eigenvalue weighted by Gasteiger charge is 2.09. The van der Waals surface area contributed by atoms with Crippen LogP contribution in [0.2, 0.25) is 5.02 Å². The topological polar surface area (TPSA) is 102 Å². The van der Waals surface area contributed by atoms with Crippen molar-refractivity contribution in [3.63, 3.8) is 0 Å². The molecule has 146 valence electrons. The number of aromatic nitrogens is 2. The summed E-state index contributed by atoms with van der Waals surface area (Å²) in [5.41, 5.74) is 5.65. The Bertz CT molecular complexity index is 906. The van der Waals surface area contributed by atoms with Crippen LogP contribution in [0.4, 0.5) is 5.69 Å². The van der Waals surface area contributed by atoms with E-state index in [1.165, 1.54) is 0 Å². The van der Waals surface area contributed by atoms with E-state index in [2.05, 4.69) is 21.1 Å². The summed E-state index contributed by atoms with van der Waals surface area (Å²) in [6.45, 7) is 2.41. The van der Waals surface area contributed by atoms with Gasteiger partial charge in [-0.05, 0) is 48.9 Å². The van der Waals surface area contributed by atoms with Gasteiger partial charge in [-0.15, -0.1) is 0 Å². The van der Waals surface area contributed by atoms with Gasteiger partial charge in [-0.1, -0.05) is 17.7 Å². The van der Waals surface area contributed by atoms with Crippen molar-refractivity contribution in [1.29, 1.82) is 0 Å². The highest BCUT2D eigenvalue weighted by atomic mass is 35.5. The average molecular weight is 400 g/mol. The van der Waals surface area contributed by atoms with Gasteiger partial charge in [0.25, 0.3) is 0 Å². The fourth-order valence-corrected chi connectivity index (χ4v) is 2.72. The van der Waals surface area contributed by atoms with E-state index in [1.54, 1.807) is 23.9 Å². The second-order valence-corrected chi connectivity index (χ2v) is 6.05.